The molecule has 0 saturated carbocycles. The third-order valence-corrected chi connectivity index (χ3v) is 6.02. The number of carboxylic acid groups (broad SMARTS) is 1. The van der Waals surface area contributed by atoms with Crippen molar-refractivity contribution in [3.05, 3.63) is 53.1 Å². The second kappa shape index (κ2) is 10.4. The lowest BCUT2D eigenvalue weighted by atomic mass is 9.85. The Hall–Kier alpha value is -3.22. The van der Waals surface area contributed by atoms with Crippen molar-refractivity contribution in [2.24, 2.45) is 5.92 Å². The SMILES string of the molecule is COc1cc(O)c(C(CC(=O)N2CCCC(C)C2)c2ccc(CC(=O)O)cc2)c(OC)c1. The maximum Gasteiger partial charge on any atom is 0.307 e. The third-order valence-electron chi connectivity index (χ3n) is 6.02. The van der Waals surface area contributed by atoms with Gasteiger partial charge in [-0.05, 0) is 29.9 Å². The van der Waals surface area contributed by atoms with E-state index in [0.29, 0.717) is 28.5 Å². The van der Waals surface area contributed by atoms with Crippen molar-refractivity contribution >= 4 is 11.9 Å². The third kappa shape index (κ3) is 5.52. The topological polar surface area (TPSA) is 96.3 Å². The highest BCUT2D eigenvalue weighted by Crippen LogP contribution is 2.43. The lowest BCUT2D eigenvalue weighted by Gasteiger charge is -2.32. The van der Waals surface area contributed by atoms with Crippen LogP contribution in [0.15, 0.2) is 36.4 Å². The smallest absolute Gasteiger partial charge is 0.307 e. The van der Waals surface area contributed by atoms with Crippen LogP contribution in [0.2, 0.25) is 0 Å². The molecule has 2 aromatic carbocycles. The fourth-order valence-corrected chi connectivity index (χ4v) is 4.37. The summed E-state index contributed by atoms with van der Waals surface area (Å²) in [5, 5.41) is 19.9. The molecule has 3 rings (SSSR count). The zero-order valence-electron chi connectivity index (χ0n) is 18.8. The van der Waals surface area contributed by atoms with Gasteiger partial charge >= 0.3 is 5.97 Å². The first-order valence-electron chi connectivity index (χ1n) is 10.9. The zero-order valence-corrected chi connectivity index (χ0v) is 18.8. The van der Waals surface area contributed by atoms with Gasteiger partial charge in [-0.25, -0.2) is 0 Å². The first-order valence-corrected chi connectivity index (χ1v) is 10.9. The number of methoxy groups -OCH3 is 2. The minimum atomic E-state index is -0.904. The number of ether oxygens (including phenoxy) is 2. The first-order chi connectivity index (χ1) is 15.3. The molecule has 2 N–H and O–H groups in total. The van der Waals surface area contributed by atoms with Gasteiger partial charge in [-0.2, -0.15) is 0 Å². The van der Waals surface area contributed by atoms with E-state index in [1.54, 1.807) is 18.2 Å². The lowest BCUT2D eigenvalue weighted by molar-refractivity contribution is -0.136. The van der Waals surface area contributed by atoms with Crippen LogP contribution in [-0.4, -0.2) is 54.3 Å². The van der Waals surface area contributed by atoms with Gasteiger partial charge in [-0.3, -0.25) is 9.59 Å². The average molecular weight is 442 g/mol. The molecule has 32 heavy (non-hydrogen) atoms. The quantitative estimate of drug-likeness (QED) is 0.647. The van der Waals surface area contributed by atoms with Crippen molar-refractivity contribution in [3.63, 3.8) is 0 Å². The maximum atomic E-state index is 13.2. The first kappa shape index (κ1) is 23.4. The number of rotatable bonds is 8. The second-order valence-electron chi connectivity index (χ2n) is 8.42. The Morgan fingerprint density at radius 3 is 2.47 bits per heavy atom. The highest BCUT2D eigenvalue weighted by atomic mass is 16.5. The number of benzene rings is 2. The van der Waals surface area contributed by atoms with Gasteiger partial charge in [0.05, 0.1) is 20.6 Å². The molecule has 0 aliphatic carbocycles. The molecule has 0 spiro atoms. The van der Waals surface area contributed by atoms with Crippen LogP contribution in [-0.2, 0) is 16.0 Å². The number of amides is 1. The summed E-state index contributed by atoms with van der Waals surface area (Å²) >= 11 is 0. The number of phenols is 1. The number of likely N-dealkylation sites (tertiary alicyclic amines) is 1. The van der Waals surface area contributed by atoms with Crippen LogP contribution in [0.4, 0.5) is 0 Å². The Bertz CT molecular complexity index is 956. The fourth-order valence-electron chi connectivity index (χ4n) is 4.37. The minimum absolute atomic E-state index is 0.0133. The van der Waals surface area contributed by atoms with E-state index in [9.17, 15) is 14.7 Å². The van der Waals surface area contributed by atoms with Crippen molar-refractivity contribution in [2.75, 3.05) is 27.3 Å². The molecule has 0 radical (unpaired) electrons. The number of hydrogen-bond donors (Lipinski definition) is 2. The molecule has 0 aromatic heterocycles. The molecular weight excluding hydrogens is 410 g/mol. The van der Waals surface area contributed by atoms with E-state index in [1.165, 1.54) is 20.3 Å². The van der Waals surface area contributed by atoms with E-state index < -0.39 is 11.9 Å². The number of hydrogen-bond acceptors (Lipinski definition) is 5. The predicted octanol–water partition coefficient (Wildman–Crippen LogP) is 3.82. The van der Waals surface area contributed by atoms with E-state index in [-0.39, 0.29) is 24.5 Å². The molecular formula is C25H31NO6. The van der Waals surface area contributed by atoms with Gasteiger partial charge in [0.2, 0.25) is 5.91 Å². The van der Waals surface area contributed by atoms with Crippen molar-refractivity contribution in [3.8, 4) is 17.2 Å². The number of aromatic hydroxyl groups is 1. The summed E-state index contributed by atoms with van der Waals surface area (Å²) in [5.41, 5.74) is 1.98. The number of phenolic OH excluding ortho intramolecular Hbond substituents is 1. The lowest BCUT2D eigenvalue weighted by Crippen LogP contribution is -2.39. The number of aliphatic carboxylic acids is 1. The fraction of sp³-hybridized carbons (Fsp3) is 0.440. The minimum Gasteiger partial charge on any atom is -0.507 e. The van der Waals surface area contributed by atoms with Crippen LogP contribution in [0, 0.1) is 5.92 Å². The van der Waals surface area contributed by atoms with Crippen molar-refractivity contribution in [2.45, 2.75) is 38.5 Å². The van der Waals surface area contributed by atoms with E-state index in [1.807, 2.05) is 17.0 Å². The van der Waals surface area contributed by atoms with Gasteiger partial charge in [0.15, 0.2) is 0 Å². The molecule has 1 heterocycles. The van der Waals surface area contributed by atoms with Gasteiger partial charge in [-0.15, -0.1) is 0 Å². The Balaban J connectivity index is 2.00. The summed E-state index contributed by atoms with van der Waals surface area (Å²) in [6.07, 6.45) is 2.19. The highest BCUT2D eigenvalue weighted by Gasteiger charge is 2.29. The Labute approximate surface area is 188 Å². The van der Waals surface area contributed by atoms with Crippen molar-refractivity contribution in [1.29, 1.82) is 0 Å². The number of nitrogens with zero attached hydrogens (tertiary/aromatic N) is 1. The number of piperidine rings is 1. The monoisotopic (exact) mass is 441 g/mol. The molecule has 1 saturated heterocycles. The van der Waals surface area contributed by atoms with Crippen LogP contribution in [0.1, 0.15) is 48.8 Å². The number of carboxylic acids is 1. The largest absolute Gasteiger partial charge is 0.507 e. The summed E-state index contributed by atoms with van der Waals surface area (Å²) in [6, 6.07) is 10.3. The molecule has 7 heteroatoms. The molecule has 0 bridgehead atoms. The molecule has 2 aromatic rings. The van der Waals surface area contributed by atoms with E-state index >= 15 is 0 Å². The van der Waals surface area contributed by atoms with Crippen molar-refractivity contribution in [1.82, 2.24) is 4.90 Å². The molecule has 1 amide bonds. The molecule has 172 valence electrons. The van der Waals surface area contributed by atoms with Gasteiger partial charge in [0, 0.05) is 43.1 Å². The van der Waals surface area contributed by atoms with Gasteiger partial charge < -0.3 is 24.6 Å². The maximum absolute atomic E-state index is 13.2. The molecule has 7 nitrogen and oxygen atoms in total. The van der Waals surface area contributed by atoms with E-state index in [0.717, 1.165) is 31.5 Å². The summed E-state index contributed by atoms with van der Waals surface area (Å²) in [6.45, 7) is 3.62. The predicted molar refractivity (Wildman–Crippen MR) is 120 cm³/mol. The van der Waals surface area contributed by atoms with Crippen LogP contribution in [0.5, 0.6) is 17.2 Å². The van der Waals surface area contributed by atoms with E-state index in [4.69, 9.17) is 14.6 Å². The zero-order chi connectivity index (χ0) is 23.3. The summed E-state index contributed by atoms with van der Waals surface area (Å²) < 4.78 is 10.8. The van der Waals surface area contributed by atoms with Gasteiger partial charge in [0.25, 0.3) is 0 Å². The van der Waals surface area contributed by atoms with E-state index in [2.05, 4.69) is 6.92 Å². The number of carbonyl (C=O) groups excluding carboxylic acids is 1. The Morgan fingerprint density at radius 1 is 1.16 bits per heavy atom. The molecule has 2 atom stereocenters. The highest BCUT2D eigenvalue weighted by molar-refractivity contribution is 5.78. The summed E-state index contributed by atoms with van der Waals surface area (Å²) in [4.78, 5) is 26.2. The normalized spacial score (nSPS) is 17.0. The second-order valence-corrected chi connectivity index (χ2v) is 8.42. The standard InChI is InChI=1S/C25H31NO6/c1-16-5-4-10-26(15-16)23(28)14-20(18-8-6-17(7-9-18)11-24(29)30)25-21(27)12-19(31-2)13-22(25)32-3/h6-9,12-13,16,20,27H,4-5,10-11,14-15H2,1-3H3,(H,29,30). The summed E-state index contributed by atoms with van der Waals surface area (Å²) in [5.74, 6) is -0.00632. The van der Waals surface area contributed by atoms with Crippen LogP contribution in [0.3, 0.4) is 0 Å². The number of carbonyl (C=O) groups is 2. The Kier molecular flexibility index (Phi) is 7.62. The molecule has 2 unspecified atom stereocenters. The Morgan fingerprint density at radius 2 is 1.88 bits per heavy atom. The average Bonchev–Trinajstić information content (AvgIpc) is 2.77. The summed E-state index contributed by atoms with van der Waals surface area (Å²) in [7, 11) is 3.02. The van der Waals surface area contributed by atoms with Crippen molar-refractivity contribution < 1.29 is 29.3 Å². The van der Waals surface area contributed by atoms with Gasteiger partial charge in [-0.1, -0.05) is 31.2 Å². The van der Waals surface area contributed by atoms with Crippen LogP contribution < -0.4 is 9.47 Å². The molecule has 1 fully saturated rings. The van der Waals surface area contributed by atoms with Crippen LogP contribution >= 0.6 is 0 Å². The van der Waals surface area contributed by atoms with Crippen LogP contribution in [0.25, 0.3) is 0 Å². The molecule has 1 aliphatic rings. The van der Waals surface area contributed by atoms with Gasteiger partial charge in [0.1, 0.15) is 17.2 Å². The molecule has 1 aliphatic heterocycles.